The molecule has 1 amide bonds. The number of carbonyl (C=O) groups excluding carboxylic acids is 1. The lowest BCUT2D eigenvalue weighted by Crippen LogP contribution is -2.41. The molecule has 1 aromatic rings. The largest absolute Gasteiger partial charge is 0.480 e. The number of aliphatic carboxylic acids is 1. The first-order chi connectivity index (χ1) is 7.52. The highest BCUT2D eigenvalue weighted by Crippen LogP contribution is 2.10. The number of carboxylic acid groups (broad SMARTS) is 1. The fourth-order valence-corrected chi connectivity index (χ4v) is 1.47. The molecule has 0 aliphatic heterocycles. The van der Waals surface area contributed by atoms with Gasteiger partial charge in [0, 0.05) is 13.5 Å². The van der Waals surface area contributed by atoms with Gasteiger partial charge < -0.3 is 10.0 Å². The predicted molar refractivity (Wildman–Crippen MR) is 60.6 cm³/mol. The van der Waals surface area contributed by atoms with Gasteiger partial charge in [-0.1, -0.05) is 30.3 Å². The highest BCUT2D eigenvalue weighted by Gasteiger charge is 2.25. The molecule has 16 heavy (non-hydrogen) atoms. The van der Waals surface area contributed by atoms with Crippen LogP contribution in [0.25, 0.3) is 0 Å². The maximum Gasteiger partial charge on any atom is 0.326 e. The summed E-state index contributed by atoms with van der Waals surface area (Å²) in [6.07, 6.45) is 0.241. The van der Waals surface area contributed by atoms with E-state index in [0.717, 1.165) is 10.5 Å². The second kappa shape index (κ2) is 5.51. The number of amides is 1. The highest BCUT2D eigenvalue weighted by atomic mass is 35.5. The molecule has 1 N–H and O–H groups in total. The van der Waals surface area contributed by atoms with Crippen molar-refractivity contribution < 1.29 is 14.7 Å². The number of benzene rings is 1. The highest BCUT2D eigenvalue weighted by molar-refractivity contribution is 6.62. The van der Waals surface area contributed by atoms with E-state index in [1.807, 2.05) is 30.3 Å². The van der Waals surface area contributed by atoms with Gasteiger partial charge in [0.05, 0.1) is 0 Å². The molecule has 0 bridgehead atoms. The number of hydrogen-bond acceptors (Lipinski definition) is 2. The first-order valence-corrected chi connectivity index (χ1v) is 5.09. The lowest BCUT2D eigenvalue weighted by molar-refractivity contribution is -0.141. The van der Waals surface area contributed by atoms with E-state index in [-0.39, 0.29) is 6.42 Å². The molecule has 0 saturated heterocycles. The minimum atomic E-state index is -1.07. The number of carbonyl (C=O) groups is 2. The third-order valence-corrected chi connectivity index (χ3v) is 2.57. The fourth-order valence-electron chi connectivity index (χ4n) is 1.35. The number of halogens is 1. The van der Waals surface area contributed by atoms with E-state index in [1.165, 1.54) is 7.05 Å². The van der Waals surface area contributed by atoms with Crippen LogP contribution in [-0.2, 0) is 11.2 Å². The zero-order chi connectivity index (χ0) is 12.1. The normalized spacial score (nSPS) is 11.9. The zero-order valence-corrected chi connectivity index (χ0v) is 9.52. The molecule has 1 aromatic carbocycles. The van der Waals surface area contributed by atoms with Gasteiger partial charge in [-0.2, -0.15) is 0 Å². The van der Waals surface area contributed by atoms with Gasteiger partial charge >= 0.3 is 11.3 Å². The maximum atomic E-state index is 11.0. The van der Waals surface area contributed by atoms with E-state index in [9.17, 15) is 9.59 Å². The van der Waals surface area contributed by atoms with Crippen molar-refractivity contribution >= 4 is 22.9 Å². The summed E-state index contributed by atoms with van der Waals surface area (Å²) in [4.78, 5) is 22.9. The van der Waals surface area contributed by atoms with Crippen molar-refractivity contribution in [3.63, 3.8) is 0 Å². The summed E-state index contributed by atoms with van der Waals surface area (Å²) >= 11 is 5.26. The van der Waals surface area contributed by atoms with E-state index < -0.39 is 17.4 Å². The molecular weight excluding hydrogens is 230 g/mol. The van der Waals surface area contributed by atoms with Gasteiger partial charge in [-0.25, -0.2) is 4.79 Å². The molecule has 0 aliphatic rings. The van der Waals surface area contributed by atoms with Crippen LogP contribution in [0.3, 0.4) is 0 Å². The first-order valence-electron chi connectivity index (χ1n) is 4.71. The molecule has 0 spiro atoms. The molecule has 0 unspecified atom stereocenters. The molecule has 0 radical (unpaired) electrons. The Labute approximate surface area is 98.4 Å². The maximum absolute atomic E-state index is 11.0. The molecule has 0 aliphatic carbocycles. The summed E-state index contributed by atoms with van der Waals surface area (Å²) < 4.78 is 0. The van der Waals surface area contributed by atoms with Crippen LogP contribution in [0.4, 0.5) is 4.79 Å². The van der Waals surface area contributed by atoms with E-state index in [4.69, 9.17) is 16.7 Å². The Balaban J connectivity index is 2.81. The number of hydrogen-bond donors (Lipinski definition) is 1. The molecule has 4 nitrogen and oxygen atoms in total. The molecule has 86 valence electrons. The van der Waals surface area contributed by atoms with Crippen molar-refractivity contribution in [1.29, 1.82) is 0 Å². The summed E-state index contributed by atoms with van der Waals surface area (Å²) in [6.45, 7) is 0. The molecule has 0 fully saturated rings. The second-order valence-corrected chi connectivity index (χ2v) is 3.73. The summed E-state index contributed by atoms with van der Waals surface area (Å²) in [5.41, 5.74) is 0.847. The van der Waals surface area contributed by atoms with Crippen molar-refractivity contribution in [2.45, 2.75) is 12.5 Å². The minimum Gasteiger partial charge on any atom is -0.480 e. The topological polar surface area (TPSA) is 57.6 Å². The standard InChI is InChI=1S/C11H12ClNO3/c1-13(11(12)16)9(10(14)15)7-8-5-3-2-4-6-8/h2-6,9H,7H2,1H3,(H,14,15)/t9-/m0/s1. The second-order valence-electron chi connectivity index (χ2n) is 3.41. The number of nitrogens with zero attached hydrogens (tertiary/aromatic N) is 1. The molecular formula is C11H12ClNO3. The molecule has 1 atom stereocenters. The average Bonchev–Trinajstić information content (AvgIpc) is 2.26. The lowest BCUT2D eigenvalue weighted by Gasteiger charge is -2.22. The Kier molecular flexibility index (Phi) is 4.31. The van der Waals surface area contributed by atoms with Crippen molar-refractivity contribution in [2.24, 2.45) is 0 Å². The van der Waals surface area contributed by atoms with Crippen molar-refractivity contribution in [3.05, 3.63) is 35.9 Å². The van der Waals surface area contributed by atoms with Gasteiger partial charge in [0.25, 0.3) is 0 Å². The van der Waals surface area contributed by atoms with Crippen LogP contribution < -0.4 is 0 Å². The van der Waals surface area contributed by atoms with E-state index in [0.29, 0.717) is 0 Å². The van der Waals surface area contributed by atoms with Crippen LogP contribution in [0.15, 0.2) is 30.3 Å². The predicted octanol–water partition coefficient (Wildman–Crippen LogP) is 1.97. The van der Waals surface area contributed by atoms with Gasteiger partial charge in [-0.3, -0.25) is 4.79 Å². The smallest absolute Gasteiger partial charge is 0.326 e. The van der Waals surface area contributed by atoms with Crippen LogP contribution in [0.5, 0.6) is 0 Å². The SMILES string of the molecule is CN(C(=O)Cl)[C@@H](Cc1ccccc1)C(=O)O. The molecule has 5 heteroatoms. The number of rotatable bonds is 4. The third kappa shape index (κ3) is 3.24. The van der Waals surface area contributed by atoms with Crippen LogP contribution in [-0.4, -0.2) is 34.4 Å². The summed E-state index contributed by atoms with van der Waals surface area (Å²) in [5, 5.41) is 8.23. The number of likely N-dealkylation sites (N-methyl/N-ethyl adjacent to an activating group) is 1. The Morgan fingerprint density at radius 1 is 1.38 bits per heavy atom. The van der Waals surface area contributed by atoms with Crippen molar-refractivity contribution in [2.75, 3.05) is 7.05 Å². The van der Waals surface area contributed by atoms with E-state index in [1.54, 1.807) is 0 Å². The van der Waals surface area contributed by atoms with Gasteiger partial charge in [-0.05, 0) is 17.2 Å². The molecule has 1 rings (SSSR count). The summed E-state index contributed by atoms with van der Waals surface area (Å²) in [7, 11) is 1.37. The molecule has 0 heterocycles. The lowest BCUT2D eigenvalue weighted by atomic mass is 10.1. The van der Waals surface area contributed by atoms with E-state index >= 15 is 0 Å². The number of carboxylic acids is 1. The van der Waals surface area contributed by atoms with Crippen LogP contribution in [0, 0.1) is 0 Å². The Morgan fingerprint density at radius 3 is 2.38 bits per heavy atom. The summed E-state index contributed by atoms with van der Waals surface area (Å²) in [5.74, 6) is -1.07. The third-order valence-electron chi connectivity index (χ3n) is 2.30. The van der Waals surface area contributed by atoms with E-state index in [2.05, 4.69) is 0 Å². The van der Waals surface area contributed by atoms with Gasteiger partial charge in [0.2, 0.25) is 0 Å². The Bertz CT molecular complexity index is 380. The quantitative estimate of drug-likeness (QED) is 0.648. The minimum absolute atomic E-state index is 0.241. The Hall–Kier alpha value is -1.55. The van der Waals surface area contributed by atoms with Gasteiger partial charge in [0.15, 0.2) is 0 Å². The Morgan fingerprint density at radius 2 is 1.94 bits per heavy atom. The molecule has 0 saturated carbocycles. The molecule has 0 aromatic heterocycles. The first kappa shape index (κ1) is 12.5. The average molecular weight is 242 g/mol. The zero-order valence-electron chi connectivity index (χ0n) is 8.76. The fraction of sp³-hybridized carbons (Fsp3) is 0.273. The summed E-state index contributed by atoms with van der Waals surface area (Å²) in [6, 6.07) is 8.15. The van der Waals surface area contributed by atoms with Crippen LogP contribution in [0.1, 0.15) is 5.56 Å². The van der Waals surface area contributed by atoms with Crippen LogP contribution in [0.2, 0.25) is 0 Å². The van der Waals surface area contributed by atoms with Crippen molar-refractivity contribution in [1.82, 2.24) is 4.90 Å². The van der Waals surface area contributed by atoms with Crippen LogP contribution >= 0.6 is 11.6 Å². The monoisotopic (exact) mass is 241 g/mol. The van der Waals surface area contributed by atoms with Gasteiger partial charge in [-0.15, -0.1) is 0 Å². The van der Waals surface area contributed by atoms with Gasteiger partial charge in [0.1, 0.15) is 6.04 Å². The van der Waals surface area contributed by atoms with Crippen molar-refractivity contribution in [3.8, 4) is 0 Å².